The van der Waals surface area contributed by atoms with Gasteiger partial charge in [-0.25, -0.2) is 12.8 Å². The molecule has 0 radical (unpaired) electrons. The lowest BCUT2D eigenvalue weighted by atomic mass is 10.2. The van der Waals surface area contributed by atoms with Crippen molar-refractivity contribution >= 4 is 21.5 Å². The van der Waals surface area contributed by atoms with Gasteiger partial charge in [0, 0.05) is 45.5 Å². The number of rotatable bonds is 5. The lowest BCUT2D eigenvalue weighted by Gasteiger charge is -2.37. The summed E-state index contributed by atoms with van der Waals surface area (Å²) in [4.78, 5) is 8.30. The van der Waals surface area contributed by atoms with Crippen molar-refractivity contribution in [3.8, 4) is 0 Å². The molecule has 0 amide bonds. The van der Waals surface area contributed by atoms with E-state index in [0.29, 0.717) is 44.4 Å². The van der Waals surface area contributed by atoms with Crippen LogP contribution in [0.4, 0.5) is 10.1 Å². The van der Waals surface area contributed by atoms with Gasteiger partial charge in [-0.2, -0.15) is 0 Å². The van der Waals surface area contributed by atoms with E-state index in [2.05, 4.69) is 15.2 Å². The van der Waals surface area contributed by atoms with Gasteiger partial charge in [-0.05, 0) is 12.1 Å². The standard InChI is InChI=1S/C16H25FN4O2S/c1-3-24(22,23)13-8-19-16(18-2)21-11-9-20(10-12-21)15-7-5-4-6-14(15)17/h4-7H,3,8-13H2,1-2H3,(H,18,19). The van der Waals surface area contributed by atoms with Crippen molar-refractivity contribution in [2.75, 3.05) is 56.2 Å². The Hall–Kier alpha value is -1.83. The molecular weight excluding hydrogens is 331 g/mol. The van der Waals surface area contributed by atoms with Crippen molar-refractivity contribution in [3.05, 3.63) is 30.1 Å². The molecule has 0 aromatic heterocycles. The minimum Gasteiger partial charge on any atom is -0.366 e. The highest BCUT2D eigenvalue weighted by Gasteiger charge is 2.21. The number of benzene rings is 1. The first-order valence-electron chi connectivity index (χ1n) is 8.12. The molecular formula is C16H25FN4O2S. The molecule has 1 aromatic rings. The first kappa shape index (κ1) is 18.5. The molecule has 1 N–H and O–H groups in total. The number of para-hydroxylation sites is 1. The van der Waals surface area contributed by atoms with Crippen LogP contribution in [0.2, 0.25) is 0 Å². The highest BCUT2D eigenvalue weighted by Crippen LogP contribution is 2.20. The Bertz CT molecular complexity index is 670. The molecule has 1 fully saturated rings. The predicted molar refractivity (Wildman–Crippen MR) is 95.9 cm³/mol. The third-order valence-electron chi connectivity index (χ3n) is 4.12. The normalized spacial score (nSPS) is 16.4. The fourth-order valence-electron chi connectivity index (χ4n) is 2.66. The number of aliphatic imine (C=N–C) groups is 1. The molecule has 8 heteroatoms. The quantitative estimate of drug-likeness (QED) is 0.629. The molecule has 0 aliphatic carbocycles. The molecule has 0 spiro atoms. The Kier molecular flexibility index (Phi) is 6.42. The number of anilines is 1. The van der Waals surface area contributed by atoms with Crippen molar-refractivity contribution < 1.29 is 12.8 Å². The molecule has 1 aromatic carbocycles. The van der Waals surface area contributed by atoms with Crippen molar-refractivity contribution in [1.82, 2.24) is 10.2 Å². The first-order chi connectivity index (χ1) is 11.5. The van der Waals surface area contributed by atoms with E-state index in [0.717, 1.165) is 0 Å². The number of nitrogens with zero attached hydrogens (tertiary/aromatic N) is 3. The monoisotopic (exact) mass is 356 g/mol. The summed E-state index contributed by atoms with van der Waals surface area (Å²) in [5.41, 5.74) is 0.620. The summed E-state index contributed by atoms with van der Waals surface area (Å²) >= 11 is 0. The van der Waals surface area contributed by atoms with Gasteiger partial charge in [0.25, 0.3) is 0 Å². The Labute approximate surface area is 143 Å². The second-order valence-electron chi connectivity index (χ2n) is 5.64. The van der Waals surface area contributed by atoms with Crippen LogP contribution in [0.15, 0.2) is 29.3 Å². The fourth-order valence-corrected chi connectivity index (χ4v) is 3.36. The summed E-state index contributed by atoms with van der Waals surface area (Å²) in [6.07, 6.45) is 0. The van der Waals surface area contributed by atoms with Gasteiger partial charge in [0.15, 0.2) is 15.8 Å². The Morgan fingerprint density at radius 1 is 1.25 bits per heavy atom. The van der Waals surface area contributed by atoms with E-state index in [1.54, 1.807) is 26.1 Å². The van der Waals surface area contributed by atoms with Crippen LogP contribution in [-0.2, 0) is 9.84 Å². The van der Waals surface area contributed by atoms with Gasteiger partial charge < -0.3 is 15.1 Å². The fraction of sp³-hybridized carbons (Fsp3) is 0.562. The second kappa shape index (κ2) is 8.32. The molecule has 1 heterocycles. The zero-order chi connectivity index (χ0) is 17.6. The maximum absolute atomic E-state index is 13.9. The van der Waals surface area contributed by atoms with Crippen molar-refractivity contribution in [2.24, 2.45) is 4.99 Å². The highest BCUT2D eigenvalue weighted by atomic mass is 32.2. The molecule has 1 saturated heterocycles. The largest absolute Gasteiger partial charge is 0.366 e. The lowest BCUT2D eigenvalue weighted by Crippen LogP contribution is -2.53. The van der Waals surface area contributed by atoms with Crippen LogP contribution < -0.4 is 10.2 Å². The summed E-state index contributed by atoms with van der Waals surface area (Å²) in [6, 6.07) is 6.77. The number of hydrogen-bond acceptors (Lipinski definition) is 4. The predicted octanol–water partition coefficient (Wildman–Crippen LogP) is 0.958. The maximum atomic E-state index is 13.9. The molecule has 0 saturated carbocycles. The van der Waals surface area contributed by atoms with E-state index in [4.69, 9.17) is 0 Å². The zero-order valence-electron chi connectivity index (χ0n) is 14.2. The number of piperazine rings is 1. The number of sulfone groups is 1. The summed E-state index contributed by atoms with van der Waals surface area (Å²) in [7, 11) is -1.31. The Balaban J connectivity index is 1.87. The summed E-state index contributed by atoms with van der Waals surface area (Å²) in [5.74, 6) is 0.722. The van der Waals surface area contributed by atoms with Gasteiger partial charge in [0.1, 0.15) is 5.82 Å². The third-order valence-corrected chi connectivity index (χ3v) is 5.83. The summed E-state index contributed by atoms with van der Waals surface area (Å²) in [5, 5.41) is 3.10. The molecule has 24 heavy (non-hydrogen) atoms. The van der Waals surface area contributed by atoms with E-state index in [9.17, 15) is 12.8 Å². The Morgan fingerprint density at radius 2 is 1.92 bits per heavy atom. The van der Waals surface area contributed by atoms with Crippen molar-refractivity contribution in [2.45, 2.75) is 6.92 Å². The van der Waals surface area contributed by atoms with E-state index in [1.807, 2.05) is 11.0 Å². The zero-order valence-corrected chi connectivity index (χ0v) is 15.0. The second-order valence-corrected chi connectivity index (χ2v) is 8.11. The molecule has 1 aliphatic heterocycles. The molecule has 0 bridgehead atoms. The summed E-state index contributed by atoms with van der Waals surface area (Å²) in [6.45, 7) is 4.77. The first-order valence-corrected chi connectivity index (χ1v) is 9.94. The minimum absolute atomic E-state index is 0.0950. The summed E-state index contributed by atoms with van der Waals surface area (Å²) < 4.78 is 36.9. The molecule has 134 valence electrons. The van der Waals surface area contributed by atoms with Crippen LogP contribution >= 0.6 is 0 Å². The minimum atomic E-state index is -2.99. The van der Waals surface area contributed by atoms with Gasteiger partial charge in [-0.15, -0.1) is 0 Å². The van der Waals surface area contributed by atoms with Crippen molar-refractivity contribution in [3.63, 3.8) is 0 Å². The Morgan fingerprint density at radius 3 is 2.50 bits per heavy atom. The molecule has 2 rings (SSSR count). The average molecular weight is 356 g/mol. The van der Waals surface area contributed by atoms with Crippen LogP contribution in [0.3, 0.4) is 0 Å². The van der Waals surface area contributed by atoms with Crippen LogP contribution in [0.1, 0.15) is 6.92 Å². The van der Waals surface area contributed by atoms with Gasteiger partial charge in [-0.3, -0.25) is 4.99 Å². The number of hydrogen-bond donors (Lipinski definition) is 1. The molecule has 1 aliphatic rings. The van der Waals surface area contributed by atoms with Gasteiger partial charge >= 0.3 is 0 Å². The average Bonchev–Trinajstić information content (AvgIpc) is 2.59. The van der Waals surface area contributed by atoms with Crippen LogP contribution in [0, 0.1) is 5.82 Å². The molecule has 6 nitrogen and oxygen atoms in total. The van der Waals surface area contributed by atoms with Crippen LogP contribution in [0.25, 0.3) is 0 Å². The number of guanidine groups is 1. The topological polar surface area (TPSA) is 65.0 Å². The lowest BCUT2D eigenvalue weighted by molar-refractivity contribution is 0.372. The van der Waals surface area contributed by atoms with Crippen molar-refractivity contribution in [1.29, 1.82) is 0 Å². The van der Waals surface area contributed by atoms with Gasteiger partial charge in [-0.1, -0.05) is 19.1 Å². The SMILES string of the molecule is CCS(=O)(=O)CCNC(=NC)N1CCN(c2ccccc2F)CC1. The van der Waals surface area contributed by atoms with E-state index >= 15 is 0 Å². The third kappa shape index (κ3) is 4.83. The van der Waals surface area contributed by atoms with Gasteiger partial charge in [0.05, 0.1) is 11.4 Å². The van der Waals surface area contributed by atoms with E-state index < -0.39 is 9.84 Å². The van der Waals surface area contributed by atoms with Gasteiger partial charge in [0.2, 0.25) is 0 Å². The van der Waals surface area contributed by atoms with Crippen LogP contribution in [-0.4, -0.2) is 70.6 Å². The molecule has 0 atom stereocenters. The highest BCUT2D eigenvalue weighted by molar-refractivity contribution is 7.91. The maximum Gasteiger partial charge on any atom is 0.193 e. The van der Waals surface area contributed by atoms with E-state index in [-0.39, 0.29) is 17.3 Å². The number of nitrogens with one attached hydrogen (secondary N) is 1. The smallest absolute Gasteiger partial charge is 0.193 e. The number of halogens is 1. The molecule has 0 unspecified atom stereocenters. The van der Waals surface area contributed by atoms with E-state index in [1.165, 1.54) is 6.07 Å². The van der Waals surface area contributed by atoms with Crippen LogP contribution in [0.5, 0.6) is 0 Å².